The van der Waals surface area contributed by atoms with Gasteiger partial charge in [-0.05, 0) is 42.7 Å². The molecule has 0 radical (unpaired) electrons. The summed E-state index contributed by atoms with van der Waals surface area (Å²) in [6, 6.07) is 20.3. The molecule has 0 saturated heterocycles. The fraction of sp³-hybridized carbons (Fsp3) is 0.579. The van der Waals surface area contributed by atoms with Gasteiger partial charge in [0.05, 0.1) is 12.9 Å². The molecule has 0 spiro atoms. The van der Waals surface area contributed by atoms with Crippen LogP contribution in [0.15, 0.2) is 73.0 Å². The van der Waals surface area contributed by atoms with Gasteiger partial charge in [0.15, 0.2) is 0 Å². The molecule has 0 N–H and O–H groups in total. The second-order valence-electron chi connectivity index (χ2n) is 7.75. The van der Waals surface area contributed by atoms with Crippen molar-refractivity contribution in [2.45, 2.75) is 130 Å². The van der Waals surface area contributed by atoms with E-state index in [0.717, 1.165) is 12.8 Å². The number of esters is 2. The van der Waals surface area contributed by atoms with E-state index >= 15 is 0 Å². The first kappa shape index (κ1) is 58.2. The number of hydrogen-bond acceptors (Lipinski definition) is 4. The van der Waals surface area contributed by atoms with Crippen molar-refractivity contribution in [1.82, 2.24) is 0 Å². The van der Waals surface area contributed by atoms with E-state index in [0.29, 0.717) is 24.5 Å². The van der Waals surface area contributed by atoms with Gasteiger partial charge < -0.3 is 9.47 Å². The monoisotopic (exact) mass is 844 g/mol. The maximum Gasteiger partial charge on any atom is 0.311 e. The Kier molecular flexibility index (Phi) is 71.5. The SMILES string of the molecule is C=C(C)OC(=O)CC(C)Cc1ccccc1.CC.CC.CC.CC.CC.CC.COC(=O)CC(C)Cc1ccccc1.II. The zero-order chi connectivity index (χ0) is 36.4. The predicted octanol–water partition coefficient (Wildman–Crippen LogP) is 13.7. The number of carbonyl (C=O) groups excluding carboxylic acids is 2. The van der Waals surface area contributed by atoms with Gasteiger partial charge in [-0.15, -0.1) is 0 Å². The zero-order valence-corrected chi connectivity index (χ0v) is 35.7. The van der Waals surface area contributed by atoms with Crippen LogP contribution in [-0.2, 0) is 31.9 Å². The molecule has 0 fully saturated rings. The molecule has 44 heavy (non-hydrogen) atoms. The summed E-state index contributed by atoms with van der Waals surface area (Å²) < 4.78 is 9.54. The van der Waals surface area contributed by atoms with Crippen LogP contribution < -0.4 is 0 Å². The second-order valence-corrected chi connectivity index (χ2v) is 7.75. The molecule has 260 valence electrons. The Labute approximate surface area is 298 Å². The average molecular weight is 845 g/mol. The Bertz CT molecular complexity index is 782. The number of ether oxygens (including phenoxy) is 2. The maximum absolute atomic E-state index is 11.4. The van der Waals surface area contributed by atoms with Gasteiger partial charge in [-0.2, -0.15) is 0 Å². The number of halogens is 2. The van der Waals surface area contributed by atoms with Gasteiger partial charge in [0.25, 0.3) is 0 Å². The van der Waals surface area contributed by atoms with Gasteiger partial charge in [-0.25, -0.2) is 0 Å². The number of carbonyl (C=O) groups is 2. The van der Waals surface area contributed by atoms with Crippen LogP contribution in [0.3, 0.4) is 0 Å². The molecule has 0 aliphatic carbocycles. The highest BCUT2D eigenvalue weighted by atomic mass is 128. The first-order chi connectivity index (χ1) is 21.3. The van der Waals surface area contributed by atoms with Crippen LogP contribution in [0.1, 0.15) is 128 Å². The van der Waals surface area contributed by atoms with Crippen LogP contribution in [0.4, 0.5) is 0 Å². The molecule has 0 heterocycles. The van der Waals surface area contributed by atoms with Gasteiger partial charge in [-0.3, -0.25) is 9.59 Å². The third-order valence-electron chi connectivity index (χ3n) is 4.40. The molecular formula is C38H70I2O4. The third kappa shape index (κ3) is 47.5. The predicted molar refractivity (Wildman–Crippen MR) is 217 cm³/mol. The summed E-state index contributed by atoms with van der Waals surface area (Å²) in [6.07, 6.45) is 2.75. The Morgan fingerprint density at radius 2 is 0.886 bits per heavy atom. The van der Waals surface area contributed by atoms with E-state index in [2.05, 4.69) is 79.7 Å². The smallest absolute Gasteiger partial charge is 0.311 e. The van der Waals surface area contributed by atoms with E-state index in [1.165, 1.54) is 18.2 Å². The Hall–Kier alpha value is -1.42. The largest absolute Gasteiger partial charge is 0.469 e. The molecule has 0 aliphatic heterocycles. The van der Waals surface area contributed by atoms with Crippen LogP contribution in [0.25, 0.3) is 0 Å². The van der Waals surface area contributed by atoms with E-state index in [9.17, 15) is 9.59 Å². The topological polar surface area (TPSA) is 52.6 Å². The molecule has 0 saturated carbocycles. The quantitative estimate of drug-likeness (QED) is 0.143. The van der Waals surface area contributed by atoms with Crippen molar-refractivity contribution in [3.63, 3.8) is 0 Å². The first-order valence-electron chi connectivity index (χ1n) is 16.4. The lowest BCUT2D eigenvalue weighted by atomic mass is 9.98. The van der Waals surface area contributed by atoms with Crippen molar-refractivity contribution in [3.8, 4) is 0 Å². The van der Waals surface area contributed by atoms with Gasteiger partial charge in [0, 0.05) is 50.1 Å². The Morgan fingerprint density at radius 3 is 1.14 bits per heavy atom. The molecule has 0 aliphatic rings. The maximum atomic E-state index is 11.4. The highest BCUT2D eigenvalue weighted by Gasteiger charge is 2.11. The fourth-order valence-electron chi connectivity index (χ4n) is 3.07. The zero-order valence-electron chi connectivity index (χ0n) is 31.4. The van der Waals surface area contributed by atoms with Gasteiger partial charge >= 0.3 is 11.9 Å². The van der Waals surface area contributed by atoms with Gasteiger partial charge in [0.1, 0.15) is 0 Å². The fourth-order valence-corrected chi connectivity index (χ4v) is 3.07. The number of methoxy groups -OCH3 is 1. The van der Waals surface area contributed by atoms with E-state index in [1.54, 1.807) is 6.92 Å². The summed E-state index contributed by atoms with van der Waals surface area (Å²) in [5, 5.41) is 0. The minimum atomic E-state index is -0.198. The molecule has 2 atom stereocenters. The Balaban J connectivity index is -0.0000000892. The van der Waals surface area contributed by atoms with E-state index < -0.39 is 0 Å². The van der Waals surface area contributed by atoms with Crippen molar-refractivity contribution < 1.29 is 19.1 Å². The van der Waals surface area contributed by atoms with Crippen molar-refractivity contribution >= 4 is 49.2 Å². The number of benzene rings is 2. The highest BCUT2D eigenvalue weighted by Crippen LogP contribution is 2.13. The van der Waals surface area contributed by atoms with Crippen LogP contribution in [0.2, 0.25) is 0 Å². The minimum absolute atomic E-state index is 0.131. The van der Waals surface area contributed by atoms with Crippen LogP contribution in [0.5, 0.6) is 0 Å². The number of hydrogen-bond donors (Lipinski definition) is 0. The summed E-state index contributed by atoms with van der Waals surface area (Å²) in [7, 11) is 1.43. The highest BCUT2D eigenvalue weighted by molar-refractivity contribution is 15.0. The van der Waals surface area contributed by atoms with Gasteiger partial charge in [-0.1, -0.05) is 164 Å². The lowest BCUT2D eigenvalue weighted by Crippen LogP contribution is -2.10. The standard InChI is InChI=1S/C14H18O2.C12H16O2.6C2H6.I2/c1-11(2)16-14(15)10-12(3)9-13-7-5-4-6-8-13;1-10(9-12(13)14-2)8-11-6-4-3-5-7-11;7*1-2/h4-8,12H,1,9-10H2,2-3H3;3-7,10H,8-9H2,1-2H3;6*1-2H3;. The number of allylic oxidation sites excluding steroid dienone is 1. The molecule has 2 aromatic carbocycles. The Morgan fingerprint density at radius 1 is 0.614 bits per heavy atom. The summed E-state index contributed by atoms with van der Waals surface area (Å²) >= 11 is 4.24. The van der Waals surface area contributed by atoms with Crippen molar-refractivity contribution in [2.24, 2.45) is 11.8 Å². The van der Waals surface area contributed by atoms with E-state index in [1.807, 2.05) is 126 Å². The molecule has 2 unspecified atom stereocenters. The average Bonchev–Trinajstić information content (AvgIpc) is 3.08. The summed E-state index contributed by atoms with van der Waals surface area (Å²) in [5.74, 6) is 0.750. The lowest BCUT2D eigenvalue weighted by molar-refractivity contribution is -0.142. The van der Waals surface area contributed by atoms with Crippen molar-refractivity contribution in [3.05, 3.63) is 84.1 Å². The molecule has 4 nitrogen and oxygen atoms in total. The molecule has 6 heteroatoms. The molecule has 0 aromatic heterocycles. The molecular weight excluding hydrogens is 774 g/mol. The minimum Gasteiger partial charge on any atom is -0.469 e. The van der Waals surface area contributed by atoms with E-state index in [-0.39, 0.29) is 17.9 Å². The second kappa shape index (κ2) is 54.1. The van der Waals surface area contributed by atoms with Crippen LogP contribution >= 0.6 is 37.2 Å². The van der Waals surface area contributed by atoms with Crippen molar-refractivity contribution in [1.29, 1.82) is 0 Å². The number of rotatable bonds is 9. The molecule has 2 aromatic rings. The lowest BCUT2D eigenvalue weighted by Gasteiger charge is -2.10. The van der Waals surface area contributed by atoms with Crippen LogP contribution in [0, 0.1) is 11.8 Å². The van der Waals surface area contributed by atoms with Crippen LogP contribution in [-0.4, -0.2) is 19.0 Å². The normalized spacial score (nSPS) is 9.14. The summed E-state index contributed by atoms with van der Waals surface area (Å²) in [4.78, 5) is 22.4. The third-order valence-corrected chi connectivity index (χ3v) is 4.40. The van der Waals surface area contributed by atoms with E-state index in [4.69, 9.17) is 4.74 Å². The molecule has 0 bridgehead atoms. The molecule has 0 amide bonds. The van der Waals surface area contributed by atoms with Crippen molar-refractivity contribution in [2.75, 3.05) is 7.11 Å². The summed E-state index contributed by atoms with van der Waals surface area (Å²) in [5.41, 5.74) is 2.52. The van der Waals surface area contributed by atoms with Gasteiger partial charge in [0.2, 0.25) is 0 Å². The summed E-state index contributed by atoms with van der Waals surface area (Å²) in [6.45, 7) is 33.3. The first-order valence-corrected chi connectivity index (χ1v) is 22.7. The molecule has 2 rings (SSSR count).